The smallest absolute Gasteiger partial charge is 0.407 e. The third kappa shape index (κ3) is 22.2. The van der Waals surface area contributed by atoms with Crippen LogP contribution >= 0.6 is 0 Å². The molecule has 2 aliphatic carbocycles. The van der Waals surface area contributed by atoms with Gasteiger partial charge in [-0.2, -0.15) is 0 Å². The number of benzene rings is 3. The van der Waals surface area contributed by atoms with Crippen LogP contribution in [0.1, 0.15) is 108 Å². The molecule has 1 unspecified atom stereocenters. The van der Waals surface area contributed by atoms with Crippen LogP contribution in [0.3, 0.4) is 0 Å². The zero-order chi connectivity index (χ0) is 74.2. The van der Waals surface area contributed by atoms with Crippen molar-refractivity contribution < 1.29 is 131 Å². The Labute approximate surface area is 585 Å². The van der Waals surface area contributed by atoms with Crippen LogP contribution in [0.4, 0.5) is 10.5 Å². The third-order valence-electron chi connectivity index (χ3n) is 16.7. The maximum absolute atomic E-state index is 14.1. The second kappa shape index (κ2) is 38.8. The van der Waals surface area contributed by atoms with Crippen molar-refractivity contribution in [3.8, 4) is 17.2 Å². The molecule has 3 aromatic carbocycles. The van der Waals surface area contributed by atoms with Crippen LogP contribution in [-0.4, -0.2) is 261 Å². The maximum atomic E-state index is 14.1. The van der Waals surface area contributed by atoms with Crippen LogP contribution in [0.25, 0.3) is 0 Å². The zero-order valence-corrected chi connectivity index (χ0v) is 56.7. The number of phenolic OH excluding ortho intramolecular Hbond substituents is 2. The third-order valence-corrected chi connectivity index (χ3v) is 16.7. The number of carbonyl (C=O) groups is 11. The number of fused-ring (bicyclic) bond motifs is 3. The average Bonchev–Trinajstić information content (AvgIpc) is 0.750. The predicted octanol–water partition coefficient (Wildman–Crippen LogP) is -2.01. The molecule has 14 N–H and O–H groups in total. The predicted molar refractivity (Wildman–Crippen MR) is 351 cm³/mol. The van der Waals surface area contributed by atoms with E-state index in [4.69, 9.17) is 53.1 Å². The number of rotatable bonds is 42. The average molecular weight is 1440 g/mol. The Balaban J connectivity index is 0.749. The number of methoxy groups -OCH3 is 1. The summed E-state index contributed by atoms with van der Waals surface area (Å²) in [6.45, 7) is 6.32. The number of amides is 8. The van der Waals surface area contributed by atoms with Crippen molar-refractivity contribution in [1.29, 1.82) is 0 Å². The summed E-state index contributed by atoms with van der Waals surface area (Å²) in [5, 5.41) is 82.9. The van der Waals surface area contributed by atoms with E-state index in [-0.39, 0.29) is 112 Å². The number of hydrogen-bond donors (Lipinski definition) is 13. The van der Waals surface area contributed by atoms with Gasteiger partial charge in [-0.05, 0) is 44.5 Å². The van der Waals surface area contributed by atoms with Crippen molar-refractivity contribution in [2.45, 2.75) is 127 Å². The second-order valence-corrected chi connectivity index (χ2v) is 24.1. The van der Waals surface area contributed by atoms with E-state index in [2.05, 4.69) is 31.9 Å². The quantitative estimate of drug-likeness (QED) is 0.00987. The van der Waals surface area contributed by atoms with Crippen molar-refractivity contribution in [3.05, 3.63) is 93.6 Å². The number of carbonyl (C=O) groups excluding carboxylic acids is 11. The summed E-state index contributed by atoms with van der Waals surface area (Å²) in [4.78, 5) is 141. The number of ketones is 3. The summed E-state index contributed by atoms with van der Waals surface area (Å²) < 4.78 is 55.6. The van der Waals surface area contributed by atoms with Gasteiger partial charge in [0, 0.05) is 79.7 Å². The highest BCUT2D eigenvalue weighted by molar-refractivity contribution is 6.31. The number of ether oxygens (including phenoxy) is 10. The topological polar surface area (TPSA) is 503 Å². The normalized spacial score (nSPS) is 20.2. The fraction of sp³-hybridized carbons (Fsp3) is 0.537. The zero-order valence-electron chi connectivity index (χ0n) is 56.7. The number of Topliss-reactive ketones (excluding diaryl/α,β-unsaturated/α-hetero) is 1. The lowest BCUT2D eigenvalue weighted by atomic mass is 9.72. The minimum absolute atomic E-state index is 0.00206. The van der Waals surface area contributed by atoms with Crippen LogP contribution in [0.15, 0.2) is 54.6 Å². The molecule has 0 bridgehead atoms. The number of anilines is 1. The minimum Gasteiger partial charge on any atom is -0.507 e. The van der Waals surface area contributed by atoms with Gasteiger partial charge < -0.3 is 116 Å². The lowest BCUT2D eigenvalue weighted by Crippen LogP contribution is -2.56. The highest BCUT2D eigenvalue weighted by Crippen LogP contribution is 2.52. The van der Waals surface area contributed by atoms with Gasteiger partial charge >= 0.3 is 6.09 Å². The van der Waals surface area contributed by atoms with Gasteiger partial charge in [-0.1, -0.05) is 24.3 Å². The van der Waals surface area contributed by atoms with Gasteiger partial charge in [0.25, 0.3) is 11.8 Å². The molecule has 558 valence electrons. The van der Waals surface area contributed by atoms with E-state index in [1.54, 1.807) is 0 Å². The molecule has 0 spiro atoms. The summed E-state index contributed by atoms with van der Waals surface area (Å²) in [5.74, 6) is -8.53. The SMILES string of the molecule is COc1cccc2c1C(=O)c1c(O)c3c(c(O)c1C2=O)C[C@@](O)(C(=O)CO)C[C@@H]3O[C@H]1C[C@H](NC(=O)OCc2ccc(NC(O)[C@@H](CC(N)=O)NC(=O)[C@@H](C)NC(=O)[C@@H](C)NC(=O)CCOCCOCCOCCOCCOCCOCCNC(=O)CCN3C(=O)C=CC3=O)cc2)[C@H](O)[C@H](C)O1. The number of imide groups is 1. The first-order valence-corrected chi connectivity index (χ1v) is 32.9. The number of phenols is 2. The highest BCUT2D eigenvalue weighted by Gasteiger charge is 2.51. The van der Waals surface area contributed by atoms with Gasteiger partial charge in [-0.3, -0.25) is 52.8 Å². The molecule has 10 atom stereocenters. The molecule has 0 saturated carbocycles. The van der Waals surface area contributed by atoms with E-state index in [1.165, 1.54) is 70.3 Å². The van der Waals surface area contributed by atoms with E-state index in [0.29, 0.717) is 51.8 Å². The van der Waals surface area contributed by atoms with Gasteiger partial charge in [-0.25, -0.2) is 4.79 Å². The number of nitrogens with zero attached hydrogens (tertiary/aromatic N) is 1. The Morgan fingerprint density at radius 2 is 1.30 bits per heavy atom. The summed E-state index contributed by atoms with van der Waals surface area (Å²) in [6.07, 6.45) is -7.98. The number of alkyl carbamates (subject to hydrolysis) is 1. The Morgan fingerprint density at radius 3 is 1.90 bits per heavy atom. The number of primary amides is 1. The Morgan fingerprint density at radius 1 is 0.725 bits per heavy atom. The van der Waals surface area contributed by atoms with E-state index in [0.717, 1.165) is 17.1 Å². The molecule has 0 aromatic heterocycles. The van der Waals surface area contributed by atoms with Crippen molar-refractivity contribution in [1.82, 2.24) is 31.5 Å². The number of aliphatic hydroxyl groups excluding tert-OH is 3. The monoisotopic (exact) mass is 1440 g/mol. The molecule has 102 heavy (non-hydrogen) atoms. The van der Waals surface area contributed by atoms with Crippen LogP contribution in [0.5, 0.6) is 17.2 Å². The number of nitrogens with one attached hydrogen (secondary N) is 6. The van der Waals surface area contributed by atoms with E-state index in [9.17, 15) is 83.4 Å². The Hall–Kier alpha value is -9.11. The molecule has 2 aliphatic heterocycles. The molecule has 3 aromatic rings. The lowest BCUT2D eigenvalue weighted by molar-refractivity contribution is -0.249. The van der Waals surface area contributed by atoms with Crippen LogP contribution < -0.4 is 42.4 Å². The first-order chi connectivity index (χ1) is 48.7. The van der Waals surface area contributed by atoms with E-state index >= 15 is 0 Å². The molecule has 1 fully saturated rings. The first kappa shape index (κ1) is 80.2. The van der Waals surface area contributed by atoms with Crippen LogP contribution in [0, 0.1) is 0 Å². The van der Waals surface area contributed by atoms with Gasteiger partial charge in [0.1, 0.15) is 60.5 Å². The summed E-state index contributed by atoms with van der Waals surface area (Å²) in [6, 6.07) is 5.46. The molecule has 8 amide bonds. The number of aromatic hydroxyl groups is 2. The van der Waals surface area contributed by atoms with Gasteiger partial charge in [0.2, 0.25) is 35.3 Å². The van der Waals surface area contributed by atoms with Gasteiger partial charge in [-0.15, -0.1) is 0 Å². The Bertz CT molecular complexity index is 3500. The molecule has 1 saturated heterocycles. The molecular weight excluding hydrogens is 1350 g/mol. The molecule has 35 heteroatoms. The Kier molecular flexibility index (Phi) is 30.5. The van der Waals surface area contributed by atoms with Crippen molar-refractivity contribution in [2.75, 3.05) is 111 Å². The maximum Gasteiger partial charge on any atom is 0.407 e. The van der Waals surface area contributed by atoms with Gasteiger partial charge in [0.05, 0.1) is 134 Å². The number of nitrogens with two attached hydrogens (primary N) is 1. The van der Waals surface area contributed by atoms with E-state index in [1.807, 2.05) is 0 Å². The molecule has 7 rings (SSSR count). The molecule has 4 aliphatic rings. The molecule has 35 nitrogen and oxygen atoms in total. The molecular formula is C67H88N8O27. The standard InChI is InChI=1S/C67H88N8O27/c1-36(70-50(80)15-18-94-20-22-96-24-26-98-28-29-99-27-25-97-23-21-95-19-16-69-49(79)14-17-75-51(81)12-13-52(75)82)63(88)71-37(2)64(89)73-44(30-48(68)78)65(90)72-40-10-8-39(9-11-40)35-100-66(91)74-43-31-53(101-38(3)58(43)83)102-46-33-67(92,47(77)34-76)32-42-55(46)62(87)57-56(60(42)85)59(84)41-6-5-7-45(93-4)54(41)61(57)86/h5-13,36-38,43-44,46,53,58,65,72,76,83,85,87,90,92H,14-35H2,1-4H3,(H2,68,78)(H,69,79)(H,70,80)(H,71,88)(H,73,89)(H,74,91)/t36-,37-,38+,43+,44-,46+,53+,58-,65?,67+/m1/s1. The second-order valence-electron chi connectivity index (χ2n) is 24.1. The van der Waals surface area contributed by atoms with Crippen molar-refractivity contribution in [3.63, 3.8) is 0 Å². The number of hydrogen-bond acceptors (Lipinski definition) is 28. The molecule has 2 heterocycles. The minimum atomic E-state index is -2.43. The largest absolute Gasteiger partial charge is 0.507 e. The molecule has 0 radical (unpaired) electrons. The van der Waals surface area contributed by atoms with Crippen molar-refractivity contribution in [2.24, 2.45) is 5.73 Å². The number of aliphatic hydroxyl groups is 4. The summed E-state index contributed by atoms with van der Waals surface area (Å²) in [7, 11) is 1.27. The van der Waals surface area contributed by atoms with Gasteiger partial charge in [0.15, 0.2) is 17.9 Å². The summed E-state index contributed by atoms with van der Waals surface area (Å²) in [5.41, 5.74) is 1.64. The fourth-order valence-electron chi connectivity index (χ4n) is 11.3. The van der Waals surface area contributed by atoms with Crippen LogP contribution in [0.2, 0.25) is 0 Å². The van der Waals surface area contributed by atoms with Crippen molar-refractivity contribution >= 4 is 70.5 Å². The fourth-order valence-corrected chi connectivity index (χ4v) is 11.3. The van der Waals surface area contributed by atoms with E-state index < -0.39 is 168 Å². The summed E-state index contributed by atoms with van der Waals surface area (Å²) >= 11 is 0. The lowest BCUT2D eigenvalue weighted by Gasteiger charge is -2.42. The van der Waals surface area contributed by atoms with Crippen LogP contribution in [-0.2, 0) is 94.0 Å². The highest BCUT2D eigenvalue weighted by atomic mass is 16.7. The first-order valence-electron chi connectivity index (χ1n) is 32.9.